The Labute approximate surface area is 160 Å². The van der Waals surface area contributed by atoms with Crippen LogP contribution in [-0.4, -0.2) is 27.5 Å². The van der Waals surface area contributed by atoms with Crippen LogP contribution in [0.5, 0.6) is 0 Å². The second-order valence-electron chi connectivity index (χ2n) is 6.36. The second kappa shape index (κ2) is 7.41. The maximum Gasteiger partial charge on any atom is 0.249 e. The van der Waals surface area contributed by atoms with Crippen molar-refractivity contribution in [3.05, 3.63) is 58.6 Å². The number of carbonyl (C=O) groups is 1. The van der Waals surface area contributed by atoms with Gasteiger partial charge >= 0.3 is 0 Å². The fourth-order valence-corrected chi connectivity index (χ4v) is 3.54. The summed E-state index contributed by atoms with van der Waals surface area (Å²) in [4.78, 5) is 13.9. The summed E-state index contributed by atoms with van der Waals surface area (Å²) >= 11 is 3.50. The lowest BCUT2D eigenvalue weighted by atomic mass is 10.1. The van der Waals surface area contributed by atoms with E-state index in [0.717, 1.165) is 40.5 Å². The van der Waals surface area contributed by atoms with E-state index in [1.165, 1.54) is 0 Å². The fourth-order valence-electron chi connectivity index (χ4n) is 3.09. The van der Waals surface area contributed by atoms with E-state index in [4.69, 9.17) is 4.42 Å². The van der Waals surface area contributed by atoms with Crippen LogP contribution >= 0.6 is 15.9 Å². The van der Waals surface area contributed by atoms with Crippen LogP contribution in [0.4, 0.5) is 0 Å². The largest absolute Gasteiger partial charge is 0.416 e. The molecule has 132 valence electrons. The summed E-state index contributed by atoms with van der Waals surface area (Å²) in [5, 5.41) is 8.31. The normalized spacial score (nSPS) is 14.7. The molecule has 1 aromatic heterocycles. The number of carbonyl (C=O) groups excluding carboxylic acids is 1. The van der Waals surface area contributed by atoms with Gasteiger partial charge in [-0.3, -0.25) is 4.79 Å². The van der Waals surface area contributed by atoms with Crippen LogP contribution in [-0.2, 0) is 11.3 Å². The van der Waals surface area contributed by atoms with Gasteiger partial charge in [0.15, 0.2) is 0 Å². The third-order valence-electron chi connectivity index (χ3n) is 4.52. The lowest BCUT2D eigenvalue weighted by Crippen LogP contribution is -2.34. The third kappa shape index (κ3) is 3.55. The van der Waals surface area contributed by atoms with Gasteiger partial charge in [0.25, 0.3) is 0 Å². The van der Waals surface area contributed by atoms with Crippen molar-refractivity contribution in [3.8, 4) is 22.9 Å². The molecule has 0 aliphatic carbocycles. The molecule has 1 aliphatic heterocycles. The number of likely N-dealkylation sites (tertiary alicyclic amines) is 1. The van der Waals surface area contributed by atoms with Gasteiger partial charge in [-0.25, -0.2) is 0 Å². The summed E-state index contributed by atoms with van der Waals surface area (Å²) in [7, 11) is 0. The predicted molar refractivity (Wildman–Crippen MR) is 102 cm³/mol. The van der Waals surface area contributed by atoms with Crippen molar-refractivity contribution in [2.45, 2.75) is 25.8 Å². The summed E-state index contributed by atoms with van der Waals surface area (Å²) in [5.41, 5.74) is 2.84. The first-order valence-corrected chi connectivity index (χ1v) is 9.45. The van der Waals surface area contributed by atoms with E-state index in [2.05, 4.69) is 26.1 Å². The van der Waals surface area contributed by atoms with Crippen LogP contribution in [0.2, 0.25) is 0 Å². The molecular weight excluding hydrogens is 394 g/mol. The molecule has 1 aliphatic rings. The van der Waals surface area contributed by atoms with Crippen molar-refractivity contribution in [2.24, 2.45) is 0 Å². The lowest BCUT2D eigenvalue weighted by Gasteiger charge is -2.26. The number of piperidine rings is 1. The summed E-state index contributed by atoms with van der Waals surface area (Å²) in [5.74, 6) is 1.21. The molecule has 1 fully saturated rings. The fraction of sp³-hybridized carbons (Fsp3) is 0.250. The van der Waals surface area contributed by atoms with E-state index in [0.29, 0.717) is 24.7 Å². The SMILES string of the molecule is O=C1CCCCN1Cc1ccc(-c2nnc(-c3ccccc3Br)o2)cc1. The zero-order valence-electron chi connectivity index (χ0n) is 14.2. The Morgan fingerprint density at radius 1 is 1.00 bits per heavy atom. The summed E-state index contributed by atoms with van der Waals surface area (Å²) in [6, 6.07) is 15.7. The molecule has 3 aromatic rings. The van der Waals surface area contributed by atoms with Gasteiger partial charge in [-0.05, 0) is 58.6 Å². The second-order valence-corrected chi connectivity index (χ2v) is 7.22. The number of benzene rings is 2. The summed E-state index contributed by atoms with van der Waals surface area (Å²) in [6.07, 6.45) is 2.76. The van der Waals surface area contributed by atoms with E-state index >= 15 is 0 Å². The maximum absolute atomic E-state index is 11.9. The summed E-state index contributed by atoms with van der Waals surface area (Å²) < 4.78 is 6.74. The quantitative estimate of drug-likeness (QED) is 0.625. The lowest BCUT2D eigenvalue weighted by molar-refractivity contribution is -0.133. The van der Waals surface area contributed by atoms with E-state index in [-0.39, 0.29) is 5.91 Å². The Morgan fingerprint density at radius 3 is 2.54 bits per heavy atom. The molecule has 2 aromatic carbocycles. The van der Waals surface area contributed by atoms with Crippen molar-refractivity contribution in [3.63, 3.8) is 0 Å². The number of nitrogens with zero attached hydrogens (tertiary/aromatic N) is 3. The molecule has 2 heterocycles. The van der Waals surface area contributed by atoms with Crippen LogP contribution in [0, 0.1) is 0 Å². The molecule has 1 saturated heterocycles. The topological polar surface area (TPSA) is 59.2 Å². The molecule has 4 rings (SSSR count). The van der Waals surface area contributed by atoms with Gasteiger partial charge in [-0.15, -0.1) is 10.2 Å². The van der Waals surface area contributed by atoms with Crippen molar-refractivity contribution < 1.29 is 9.21 Å². The highest BCUT2D eigenvalue weighted by Crippen LogP contribution is 2.29. The minimum absolute atomic E-state index is 0.246. The minimum Gasteiger partial charge on any atom is -0.416 e. The first kappa shape index (κ1) is 17.0. The Hall–Kier alpha value is -2.47. The number of amides is 1. The minimum atomic E-state index is 0.246. The number of rotatable bonds is 4. The molecule has 0 spiro atoms. The molecule has 0 unspecified atom stereocenters. The van der Waals surface area contributed by atoms with E-state index in [9.17, 15) is 4.79 Å². The van der Waals surface area contributed by atoms with Gasteiger partial charge in [0.2, 0.25) is 17.7 Å². The molecule has 0 N–H and O–H groups in total. The van der Waals surface area contributed by atoms with Crippen molar-refractivity contribution in [2.75, 3.05) is 6.54 Å². The molecule has 0 bridgehead atoms. The Balaban J connectivity index is 1.51. The van der Waals surface area contributed by atoms with Gasteiger partial charge in [0.1, 0.15) is 0 Å². The molecule has 0 saturated carbocycles. The zero-order valence-corrected chi connectivity index (χ0v) is 15.8. The molecule has 26 heavy (non-hydrogen) atoms. The monoisotopic (exact) mass is 411 g/mol. The highest BCUT2D eigenvalue weighted by Gasteiger charge is 2.18. The van der Waals surface area contributed by atoms with E-state index < -0.39 is 0 Å². The average Bonchev–Trinajstić information content (AvgIpc) is 3.14. The highest BCUT2D eigenvalue weighted by molar-refractivity contribution is 9.10. The predicted octanol–water partition coefficient (Wildman–Crippen LogP) is 4.68. The number of aromatic nitrogens is 2. The van der Waals surface area contributed by atoms with E-state index in [1.807, 2.05) is 53.4 Å². The van der Waals surface area contributed by atoms with Gasteiger partial charge in [-0.2, -0.15) is 0 Å². The number of hydrogen-bond donors (Lipinski definition) is 0. The van der Waals surface area contributed by atoms with E-state index in [1.54, 1.807) is 0 Å². The molecule has 5 nitrogen and oxygen atoms in total. The maximum atomic E-state index is 11.9. The average molecular weight is 412 g/mol. The molecule has 6 heteroatoms. The third-order valence-corrected chi connectivity index (χ3v) is 5.22. The van der Waals surface area contributed by atoms with Crippen LogP contribution < -0.4 is 0 Å². The Morgan fingerprint density at radius 2 is 1.77 bits per heavy atom. The summed E-state index contributed by atoms with van der Waals surface area (Å²) in [6.45, 7) is 1.50. The van der Waals surface area contributed by atoms with Crippen LogP contribution in [0.25, 0.3) is 22.9 Å². The number of halogens is 1. The van der Waals surface area contributed by atoms with Gasteiger partial charge in [-0.1, -0.05) is 24.3 Å². The van der Waals surface area contributed by atoms with Crippen molar-refractivity contribution in [1.29, 1.82) is 0 Å². The first-order chi connectivity index (χ1) is 12.7. The molecule has 0 atom stereocenters. The Bertz CT molecular complexity index is 921. The zero-order chi connectivity index (χ0) is 17.9. The first-order valence-electron chi connectivity index (χ1n) is 8.66. The Kier molecular flexibility index (Phi) is 4.84. The van der Waals surface area contributed by atoms with Crippen LogP contribution in [0.15, 0.2) is 57.4 Å². The van der Waals surface area contributed by atoms with Gasteiger partial charge < -0.3 is 9.32 Å². The number of hydrogen-bond acceptors (Lipinski definition) is 4. The molecule has 1 amide bonds. The molecular formula is C20H18BrN3O2. The molecule has 0 radical (unpaired) electrons. The van der Waals surface area contributed by atoms with Crippen molar-refractivity contribution >= 4 is 21.8 Å². The standard InChI is InChI=1S/C20H18BrN3O2/c21-17-6-2-1-5-16(17)20-23-22-19(26-20)15-10-8-14(9-11-15)13-24-12-4-3-7-18(24)25/h1-2,5-6,8-11H,3-4,7,12-13H2. The van der Waals surface area contributed by atoms with Crippen LogP contribution in [0.1, 0.15) is 24.8 Å². The van der Waals surface area contributed by atoms with Gasteiger partial charge in [0, 0.05) is 29.5 Å². The van der Waals surface area contributed by atoms with Crippen molar-refractivity contribution in [1.82, 2.24) is 15.1 Å². The smallest absolute Gasteiger partial charge is 0.249 e. The van der Waals surface area contributed by atoms with Gasteiger partial charge in [0.05, 0.1) is 5.56 Å². The van der Waals surface area contributed by atoms with Crippen LogP contribution in [0.3, 0.4) is 0 Å². The highest BCUT2D eigenvalue weighted by atomic mass is 79.9.